The van der Waals surface area contributed by atoms with Crippen molar-refractivity contribution in [2.45, 2.75) is 44.7 Å². The molecule has 2 aromatic carbocycles. The minimum Gasteiger partial charge on any atom is -0.367 e. The van der Waals surface area contributed by atoms with E-state index in [9.17, 15) is 0 Å². The SMILES string of the molecule is Cc1ccccc1-c1cc2ccccc2c(NC2CCC(N)CC2)n1.Cl. The summed E-state index contributed by atoms with van der Waals surface area (Å²) >= 11 is 0. The first-order valence-electron chi connectivity index (χ1n) is 9.18. The number of rotatable bonds is 3. The molecule has 0 aliphatic heterocycles. The zero-order chi connectivity index (χ0) is 17.2. The Bertz CT molecular complexity index is 885. The van der Waals surface area contributed by atoms with Gasteiger partial charge in [-0.1, -0.05) is 48.5 Å². The van der Waals surface area contributed by atoms with Gasteiger partial charge in [0.15, 0.2) is 0 Å². The number of nitrogens with one attached hydrogen (secondary N) is 1. The molecular formula is C22H26ClN3. The Kier molecular flexibility index (Phi) is 5.80. The van der Waals surface area contributed by atoms with Crippen LogP contribution in [0.1, 0.15) is 31.2 Å². The first kappa shape index (κ1) is 18.7. The predicted octanol–water partition coefficient (Wildman–Crippen LogP) is 5.31. The van der Waals surface area contributed by atoms with E-state index < -0.39 is 0 Å². The molecule has 3 N–H and O–H groups in total. The maximum absolute atomic E-state index is 6.05. The molecule has 1 aromatic heterocycles. The van der Waals surface area contributed by atoms with Crippen molar-refractivity contribution < 1.29 is 0 Å². The first-order chi connectivity index (χ1) is 12.2. The number of aromatic nitrogens is 1. The number of nitrogens with two attached hydrogens (primary N) is 1. The van der Waals surface area contributed by atoms with Gasteiger partial charge in [0.2, 0.25) is 0 Å². The van der Waals surface area contributed by atoms with Gasteiger partial charge < -0.3 is 11.1 Å². The summed E-state index contributed by atoms with van der Waals surface area (Å²) in [7, 11) is 0. The third kappa shape index (κ3) is 3.84. The quantitative estimate of drug-likeness (QED) is 0.659. The maximum Gasteiger partial charge on any atom is 0.134 e. The van der Waals surface area contributed by atoms with Gasteiger partial charge in [-0.3, -0.25) is 0 Å². The van der Waals surface area contributed by atoms with E-state index in [1.807, 2.05) is 0 Å². The number of anilines is 1. The molecule has 4 rings (SSSR count). The maximum atomic E-state index is 6.05. The Morgan fingerprint density at radius 2 is 1.65 bits per heavy atom. The van der Waals surface area contributed by atoms with Gasteiger partial charge in [0.25, 0.3) is 0 Å². The summed E-state index contributed by atoms with van der Waals surface area (Å²) < 4.78 is 0. The number of aryl methyl sites for hydroxylation is 1. The molecule has 0 atom stereocenters. The van der Waals surface area contributed by atoms with Crippen molar-refractivity contribution in [3.8, 4) is 11.3 Å². The van der Waals surface area contributed by atoms with E-state index in [-0.39, 0.29) is 12.4 Å². The van der Waals surface area contributed by atoms with Crippen molar-refractivity contribution in [1.82, 2.24) is 4.98 Å². The Balaban J connectivity index is 0.00000196. The van der Waals surface area contributed by atoms with Crippen molar-refractivity contribution in [3.63, 3.8) is 0 Å². The Hall–Kier alpha value is -2.10. The molecule has 3 aromatic rings. The van der Waals surface area contributed by atoms with E-state index in [0.29, 0.717) is 12.1 Å². The third-order valence-corrected chi connectivity index (χ3v) is 5.27. The molecule has 3 nitrogen and oxygen atoms in total. The zero-order valence-electron chi connectivity index (χ0n) is 15.1. The van der Waals surface area contributed by atoms with Crippen molar-refractivity contribution >= 4 is 29.0 Å². The Labute approximate surface area is 161 Å². The van der Waals surface area contributed by atoms with Gasteiger partial charge in [-0.05, 0) is 49.6 Å². The molecule has 136 valence electrons. The second-order valence-corrected chi connectivity index (χ2v) is 7.15. The lowest BCUT2D eigenvalue weighted by molar-refractivity contribution is 0.411. The van der Waals surface area contributed by atoms with Crippen molar-refractivity contribution in [1.29, 1.82) is 0 Å². The smallest absolute Gasteiger partial charge is 0.134 e. The Morgan fingerprint density at radius 3 is 2.42 bits per heavy atom. The highest BCUT2D eigenvalue weighted by Gasteiger charge is 2.20. The summed E-state index contributed by atoms with van der Waals surface area (Å²) in [6.45, 7) is 2.14. The number of nitrogens with zero attached hydrogens (tertiary/aromatic N) is 1. The van der Waals surface area contributed by atoms with E-state index in [2.05, 4.69) is 66.8 Å². The number of fused-ring (bicyclic) bond motifs is 1. The largest absolute Gasteiger partial charge is 0.367 e. The fraction of sp³-hybridized carbons (Fsp3) is 0.318. The lowest BCUT2D eigenvalue weighted by Crippen LogP contribution is -2.33. The van der Waals surface area contributed by atoms with Gasteiger partial charge in [-0.15, -0.1) is 12.4 Å². The van der Waals surface area contributed by atoms with Crippen LogP contribution in [0.4, 0.5) is 5.82 Å². The number of benzene rings is 2. The minimum absolute atomic E-state index is 0. The lowest BCUT2D eigenvalue weighted by Gasteiger charge is -2.28. The van der Waals surface area contributed by atoms with Crippen LogP contribution >= 0.6 is 12.4 Å². The van der Waals surface area contributed by atoms with Crippen molar-refractivity contribution in [3.05, 3.63) is 60.2 Å². The van der Waals surface area contributed by atoms with Crippen molar-refractivity contribution in [2.75, 3.05) is 5.32 Å². The second-order valence-electron chi connectivity index (χ2n) is 7.15. The van der Waals surface area contributed by atoms with Crippen LogP contribution in [0, 0.1) is 6.92 Å². The molecule has 1 aliphatic carbocycles. The summed E-state index contributed by atoms with van der Waals surface area (Å²) in [5.41, 5.74) is 9.53. The molecule has 0 spiro atoms. The monoisotopic (exact) mass is 367 g/mol. The van der Waals surface area contributed by atoms with E-state index in [4.69, 9.17) is 10.7 Å². The highest BCUT2D eigenvalue weighted by molar-refractivity contribution is 5.94. The van der Waals surface area contributed by atoms with Gasteiger partial charge in [0, 0.05) is 23.0 Å². The molecule has 1 saturated carbocycles. The van der Waals surface area contributed by atoms with Crippen LogP contribution < -0.4 is 11.1 Å². The molecule has 4 heteroatoms. The molecule has 0 saturated heterocycles. The van der Waals surface area contributed by atoms with Gasteiger partial charge in [-0.25, -0.2) is 4.98 Å². The number of halogens is 1. The summed E-state index contributed by atoms with van der Waals surface area (Å²) in [4.78, 5) is 5.00. The molecular weight excluding hydrogens is 342 g/mol. The fourth-order valence-corrected chi connectivity index (χ4v) is 3.76. The topological polar surface area (TPSA) is 50.9 Å². The van der Waals surface area contributed by atoms with Crippen LogP contribution in [-0.2, 0) is 0 Å². The van der Waals surface area contributed by atoms with Gasteiger partial charge in [0.05, 0.1) is 5.69 Å². The molecule has 1 fully saturated rings. The van der Waals surface area contributed by atoms with Crippen LogP contribution in [0.2, 0.25) is 0 Å². The van der Waals surface area contributed by atoms with Crippen LogP contribution in [0.15, 0.2) is 54.6 Å². The predicted molar refractivity (Wildman–Crippen MR) is 113 cm³/mol. The summed E-state index contributed by atoms with van der Waals surface area (Å²) in [5, 5.41) is 6.12. The highest BCUT2D eigenvalue weighted by atomic mass is 35.5. The highest BCUT2D eigenvalue weighted by Crippen LogP contribution is 2.31. The molecule has 0 amide bonds. The summed E-state index contributed by atoms with van der Waals surface area (Å²) in [6.07, 6.45) is 4.41. The average Bonchev–Trinajstić information content (AvgIpc) is 2.64. The van der Waals surface area contributed by atoms with Crippen LogP contribution in [0.25, 0.3) is 22.0 Å². The van der Waals surface area contributed by atoms with Crippen molar-refractivity contribution in [2.24, 2.45) is 5.73 Å². The van der Waals surface area contributed by atoms with Crippen LogP contribution in [-0.4, -0.2) is 17.1 Å². The van der Waals surface area contributed by atoms with E-state index in [0.717, 1.165) is 37.2 Å². The van der Waals surface area contributed by atoms with Gasteiger partial charge in [-0.2, -0.15) is 0 Å². The molecule has 0 unspecified atom stereocenters. The average molecular weight is 368 g/mol. The molecule has 1 aliphatic rings. The van der Waals surface area contributed by atoms with E-state index in [1.54, 1.807) is 0 Å². The minimum atomic E-state index is 0. The van der Waals surface area contributed by atoms with Gasteiger partial charge in [0.1, 0.15) is 5.82 Å². The standard InChI is InChI=1S/C22H25N3.ClH/c1-15-6-2-4-8-19(15)21-14-16-7-3-5-9-20(16)22(25-21)24-18-12-10-17(23)11-13-18;/h2-9,14,17-18H,10-13,23H2,1H3,(H,24,25);1H. The first-order valence-corrected chi connectivity index (χ1v) is 9.18. The molecule has 0 bridgehead atoms. The molecule has 1 heterocycles. The molecule has 26 heavy (non-hydrogen) atoms. The zero-order valence-corrected chi connectivity index (χ0v) is 15.9. The van der Waals surface area contributed by atoms with Gasteiger partial charge >= 0.3 is 0 Å². The number of pyridine rings is 1. The van der Waals surface area contributed by atoms with E-state index in [1.165, 1.54) is 21.9 Å². The van der Waals surface area contributed by atoms with Crippen LogP contribution in [0.5, 0.6) is 0 Å². The molecule has 0 radical (unpaired) electrons. The third-order valence-electron chi connectivity index (χ3n) is 5.27. The van der Waals surface area contributed by atoms with E-state index >= 15 is 0 Å². The summed E-state index contributed by atoms with van der Waals surface area (Å²) in [6, 6.07) is 20.0. The second kappa shape index (κ2) is 8.07. The number of hydrogen-bond donors (Lipinski definition) is 2. The Morgan fingerprint density at radius 1 is 0.962 bits per heavy atom. The summed E-state index contributed by atoms with van der Waals surface area (Å²) in [5.74, 6) is 0.997. The van der Waals surface area contributed by atoms with Crippen LogP contribution in [0.3, 0.4) is 0 Å². The fourth-order valence-electron chi connectivity index (χ4n) is 3.76. The number of hydrogen-bond acceptors (Lipinski definition) is 3. The lowest BCUT2D eigenvalue weighted by atomic mass is 9.91. The normalized spacial score (nSPS) is 19.8.